The molecule has 0 saturated heterocycles. The van der Waals surface area contributed by atoms with Gasteiger partial charge in [0, 0.05) is 5.71 Å². The molecule has 0 bridgehead atoms. The molecule has 0 spiro atoms. The average Bonchev–Trinajstić information content (AvgIpc) is 2.05. The van der Waals surface area contributed by atoms with Crippen LogP contribution in [0.25, 0.3) is 0 Å². The van der Waals surface area contributed by atoms with Crippen LogP contribution in [0, 0.1) is 5.41 Å². The molecule has 1 aliphatic carbocycles. The highest BCUT2D eigenvalue weighted by atomic mass is 16.1. The number of carbonyl (C=O) groups is 1. The van der Waals surface area contributed by atoms with E-state index in [1.54, 1.807) is 0 Å². The lowest BCUT2D eigenvalue weighted by atomic mass is 9.86. The largest absolute Gasteiger partial charge is 0.369 e. The Hall–Kier alpha value is -1.64. The lowest BCUT2D eigenvalue weighted by Gasteiger charge is -2.19. The van der Waals surface area contributed by atoms with E-state index in [1.807, 2.05) is 18.2 Å². The molecule has 3 heteroatoms. The van der Waals surface area contributed by atoms with Crippen molar-refractivity contribution in [3.63, 3.8) is 0 Å². The Balaban J connectivity index is 2.20. The van der Waals surface area contributed by atoms with E-state index in [2.05, 4.69) is 0 Å². The van der Waals surface area contributed by atoms with Crippen molar-refractivity contribution in [3.05, 3.63) is 34.9 Å². The Bertz CT molecular complexity index is 410. The summed E-state index contributed by atoms with van der Waals surface area (Å²) >= 11 is 0. The lowest BCUT2D eigenvalue weighted by molar-refractivity contribution is -0.116. The van der Waals surface area contributed by atoms with Crippen molar-refractivity contribution in [3.8, 4) is 0 Å². The molecular formula is C11H12N2O. The number of hydrogen-bond donors (Lipinski definition) is 2. The van der Waals surface area contributed by atoms with Crippen molar-refractivity contribution in [2.24, 2.45) is 5.73 Å². The number of aryl methyl sites for hydroxylation is 2. The molecule has 0 atom stereocenters. The van der Waals surface area contributed by atoms with Gasteiger partial charge in [-0.3, -0.25) is 4.79 Å². The molecule has 1 aromatic carbocycles. The van der Waals surface area contributed by atoms with E-state index in [9.17, 15) is 4.79 Å². The monoisotopic (exact) mass is 188 g/mol. The number of carbonyl (C=O) groups excluding carboxylic acids is 1. The van der Waals surface area contributed by atoms with Crippen molar-refractivity contribution >= 4 is 11.6 Å². The highest BCUT2D eigenvalue weighted by Crippen LogP contribution is 2.23. The van der Waals surface area contributed by atoms with Crippen LogP contribution in [0.5, 0.6) is 0 Å². The van der Waals surface area contributed by atoms with Crippen molar-refractivity contribution in [1.29, 1.82) is 5.41 Å². The Kier molecular flexibility index (Phi) is 2.08. The number of rotatable bonds is 3. The second kappa shape index (κ2) is 3.25. The summed E-state index contributed by atoms with van der Waals surface area (Å²) in [7, 11) is 0. The second-order valence-corrected chi connectivity index (χ2v) is 3.61. The summed E-state index contributed by atoms with van der Waals surface area (Å²) in [5, 5.41) is 7.65. The van der Waals surface area contributed by atoms with Crippen LogP contribution in [0.1, 0.15) is 23.1 Å². The minimum atomic E-state index is -0.447. The molecule has 0 fully saturated rings. The van der Waals surface area contributed by atoms with Crippen LogP contribution >= 0.6 is 0 Å². The standard InChI is InChI=1S/C11H12N2O/c12-10(6-11(13)14)9-4-2-7-1-3-8(7)5-9/h2,4-5,12H,1,3,6H2,(H2,13,14). The third-order valence-corrected chi connectivity index (χ3v) is 2.57. The molecule has 1 aliphatic rings. The summed E-state index contributed by atoms with van der Waals surface area (Å²) in [4.78, 5) is 10.6. The number of hydrogen-bond acceptors (Lipinski definition) is 2. The van der Waals surface area contributed by atoms with Crippen LogP contribution in [0.2, 0.25) is 0 Å². The van der Waals surface area contributed by atoms with E-state index in [0.29, 0.717) is 5.71 Å². The van der Waals surface area contributed by atoms with Gasteiger partial charge in [-0.05, 0) is 35.6 Å². The summed E-state index contributed by atoms with van der Waals surface area (Å²) < 4.78 is 0. The highest BCUT2D eigenvalue weighted by Gasteiger charge is 2.14. The van der Waals surface area contributed by atoms with Crippen LogP contribution in [0.3, 0.4) is 0 Å². The SMILES string of the molecule is N=C(CC(N)=O)c1ccc2c(c1)CC2. The number of fused-ring (bicyclic) bond motifs is 1. The number of nitrogens with two attached hydrogens (primary N) is 1. The molecule has 0 aliphatic heterocycles. The van der Waals surface area contributed by atoms with Gasteiger partial charge in [-0.25, -0.2) is 0 Å². The Morgan fingerprint density at radius 3 is 2.57 bits per heavy atom. The summed E-state index contributed by atoms with van der Waals surface area (Å²) in [5.41, 5.74) is 8.83. The quantitative estimate of drug-likeness (QED) is 0.683. The molecule has 2 rings (SSSR count). The van der Waals surface area contributed by atoms with Crippen molar-refractivity contribution in [2.75, 3.05) is 0 Å². The van der Waals surface area contributed by atoms with E-state index in [4.69, 9.17) is 11.1 Å². The lowest BCUT2D eigenvalue weighted by Crippen LogP contribution is -2.17. The molecule has 3 N–H and O–H groups in total. The van der Waals surface area contributed by atoms with Crippen molar-refractivity contribution in [1.82, 2.24) is 0 Å². The van der Waals surface area contributed by atoms with Crippen LogP contribution in [0.15, 0.2) is 18.2 Å². The average molecular weight is 188 g/mol. The first kappa shape index (κ1) is 8.94. The molecule has 0 radical (unpaired) electrons. The van der Waals surface area contributed by atoms with Gasteiger partial charge in [0.15, 0.2) is 0 Å². The third-order valence-electron chi connectivity index (χ3n) is 2.57. The first-order valence-corrected chi connectivity index (χ1v) is 4.65. The van der Waals surface area contributed by atoms with Gasteiger partial charge in [0.1, 0.15) is 0 Å². The van der Waals surface area contributed by atoms with Crippen LogP contribution < -0.4 is 5.73 Å². The Labute approximate surface area is 82.4 Å². The van der Waals surface area contributed by atoms with E-state index >= 15 is 0 Å². The van der Waals surface area contributed by atoms with Crippen LogP contribution in [0.4, 0.5) is 0 Å². The minimum Gasteiger partial charge on any atom is -0.369 e. The maximum Gasteiger partial charge on any atom is 0.223 e. The third kappa shape index (κ3) is 1.53. The van der Waals surface area contributed by atoms with Gasteiger partial charge in [-0.1, -0.05) is 12.1 Å². The first-order valence-electron chi connectivity index (χ1n) is 4.65. The molecule has 0 saturated carbocycles. The normalized spacial score (nSPS) is 12.9. The smallest absolute Gasteiger partial charge is 0.223 e. The molecule has 72 valence electrons. The second-order valence-electron chi connectivity index (χ2n) is 3.61. The topological polar surface area (TPSA) is 66.9 Å². The van der Waals surface area contributed by atoms with Crippen molar-refractivity contribution in [2.45, 2.75) is 19.3 Å². The van der Waals surface area contributed by atoms with Gasteiger partial charge >= 0.3 is 0 Å². The molecule has 0 heterocycles. The van der Waals surface area contributed by atoms with Gasteiger partial charge < -0.3 is 11.1 Å². The number of amides is 1. The molecular weight excluding hydrogens is 176 g/mol. The molecule has 1 aromatic rings. The van der Waals surface area contributed by atoms with Gasteiger partial charge in [0.25, 0.3) is 0 Å². The minimum absolute atomic E-state index is 0.0266. The number of primary amides is 1. The van der Waals surface area contributed by atoms with E-state index in [0.717, 1.165) is 18.4 Å². The van der Waals surface area contributed by atoms with Gasteiger partial charge in [-0.15, -0.1) is 0 Å². The number of benzene rings is 1. The fourth-order valence-electron chi connectivity index (χ4n) is 1.66. The molecule has 0 aromatic heterocycles. The molecule has 3 nitrogen and oxygen atoms in total. The number of nitrogens with one attached hydrogen (secondary N) is 1. The first-order chi connectivity index (χ1) is 6.66. The summed E-state index contributed by atoms with van der Waals surface area (Å²) in [6.45, 7) is 0. The fourth-order valence-corrected chi connectivity index (χ4v) is 1.66. The summed E-state index contributed by atoms with van der Waals surface area (Å²) in [5.74, 6) is -0.447. The summed E-state index contributed by atoms with van der Waals surface area (Å²) in [6.07, 6.45) is 2.25. The predicted molar refractivity (Wildman–Crippen MR) is 54.5 cm³/mol. The Morgan fingerprint density at radius 2 is 2.07 bits per heavy atom. The van der Waals surface area contributed by atoms with Crippen LogP contribution in [-0.2, 0) is 17.6 Å². The molecule has 14 heavy (non-hydrogen) atoms. The maximum atomic E-state index is 10.6. The van der Waals surface area contributed by atoms with Gasteiger partial charge in [0.2, 0.25) is 5.91 Å². The zero-order valence-electron chi connectivity index (χ0n) is 7.84. The zero-order valence-corrected chi connectivity index (χ0v) is 7.84. The van der Waals surface area contributed by atoms with E-state index < -0.39 is 5.91 Å². The van der Waals surface area contributed by atoms with Crippen molar-refractivity contribution < 1.29 is 4.79 Å². The predicted octanol–water partition coefficient (Wildman–Crippen LogP) is 1.03. The molecule has 1 amide bonds. The maximum absolute atomic E-state index is 10.6. The Morgan fingerprint density at radius 1 is 1.36 bits per heavy atom. The van der Waals surface area contributed by atoms with Gasteiger partial charge in [0.05, 0.1) is 6.42 Å². The highest BCUT2D eigenvalue weighted by molar-refractivity contribution is 6.08. The summed E-state index contributed by atoms with van der Waals surface area (Å²) in [6, 6.07) is 5.91. The zero-order chi connectivity index (χ0) is 10.1. The van der Waals surface area contributed by atoms with Gasteiger partial charge in [-0.2, -0.15) is 0 Å². The molecule has 0 unspecified atom stereocenters. The van der Waals surface area contributed by atoms with E-state index in [-0.39, 0.29) is 6.42 Å². The van der Waals surface area contributed by atoms with E-state index in [1.165, 1.54) is 11.1 Å². The fraction of sp³-hybridized carbons (Fsp3) is 0.273. The van der Waals surface area contributed by atoms with Crippen LogP contribution in [-0.4, -0.2) is 11.6 Å².